The van der Waals surface area contributed by atoms with Crippen LogP contribution in [0.25, 0.3) is 5.69 Å². The molecule has 3 aromatic rings. The zero-order valence-corrected chi connectivity index (χ0v) is 16.2. The van der Waals surface area contributed by atoms with Gasteiger partial charge in [-0.05, 0) is 32.4 Å². The molecule has 2 aromatic carbocycles. The second kappa shape index (κ2) is 7.59. The number of nitro benzene ring substituents is 1. The van der Waals surface area contributed by atoms with Crippen molar-refractivity contribution in [3.63, 3.8) is 0 Å². The molecule has 0 saturated heterocycles. The van der Waals surface area contributed by atoms with Crippen LogP contribution in [0, 0.1) is 24.0 Å². The third-order valence-electron chi connectivity index (χ3n) is 4.84. The summed E-state index contributed by atoms with van der Waals surface area (Å²) in [5, 5.41) is 19.1. The molecule has 0 fully saturated rings. The molecule has 0 aliphatic heterocycles. The highest BCUT2D eigenvalue weighted by atomic mass is 16.6. The summed E-state index contributed by atoms with van der Waals surface area (Å²) in [5.41, 5.74) is 3.34. The summed E-state index contributed by atoms with van der Waals surface area (Å²) in [7, 11) is 1.72. The number of nitro groups is 1. The minimum atomic E-state index is -0.473. The van der Waals surface area contributed by atoms with Crippen molar-refractivity contribution in [2.45, 2.75) is 26.8 Å². The maximum Gasteiger partial charge on any atom is 0.276 e. The summed E-state index contributed by atoms with van der Waals surface area (Å²) in [5.74, 6) is -0.262. The van der Waals surface area contributed by atoms with Crippen molar-refractivity contribution in [3.8, 4) is 5.69 Å². The summed E-state index contributed by atoms with van der Waals surface area (Å²) in [4.78, 5) is 25.1. The lowest BCUT2D eigenvalue weighted by molar-refractivity contribution is -0.384. The molecule has 0 bridgehead atoms. The number of aromatic nitrogens is 3. The molecule has 144 valence electrons. The number of nitrogens with zero attached hydrogens (tertiary/aromatic N) is 5. The van der Waals surface area contributed by atoms with Gasteiger partial charge < -0.3 is 4.90 Å². The molecule has 0 saturated carbocycles. The van der Waals surface area contributed by atoms with Gasteiger partial charge in [-0.2, -0.15) is 0 Å². The Labute approximate surface area is 162 Å². The number of aryl methyl sites for hydroxylation is 1. The first-order valence-corrected chi connectivity index (χ1v) is 8.80. The molecule has 0 radical (unpaired) electrons. The Morgan fingerprint density at radius 1 is 1.18 bits per heavy atom. The van der Waals surface area contributed by atoms with E-state index < -0.39 is 4.92 Å². The van der Waals surface area contributed by atoms with Crippen molar-refractivity contribution in [1.82, 2.24) is 19.9 Å². The topological polar surface area (TPSA) is 94.2 Å². The van der Waals surface area contributed by atoms with Gasteiger partial charge in [0.2, 0.25) is 0 Å². The number of hydrogen-bond donors (Lipinski definition) is 0. The first-order valence-electron chi connectivity index (χ1n) is 8.80. The quantitative estimate of drug-likeness (QED) is 0.498. The van der Waals surface area contributed by atoms with Gasteiger partial charge in [-0.25, -0.2) is 4.68 Å². The lowest BCUT2D eigenvalue weighted by Crippen LogP contribution is -2.30. The Morgan fingerprint density at radius 2 is 1.86 bits per heavy atom. The second-order valence-electron chi connectivity index (χ2n) is 6.71. The van der Waals surface area contributed by atoms with Gasteiger partial charge in [-0.15, -0.1) is 5.10 Å². The van der Waals surface area contributed by atoms with E-state index in [-0.39, 0.29) is 23.3 Å². The zero-order chi connectivity index (χ0) is 20.4. The fourth-order valence-electron chi connectivity index (χ4n) is 2.92. The maximum absolute atomic E-state index is 13.0. The van der Waals surface area contributed by atoms with E-state index in [1.165, 1.54) is 16.8 Å². The highest BCUT2D eigenvalue weighted by Crippen LogP contribution is 2.23. The Bertz CT molecular complexity index is 1030. The standard InChI is InChI=1S/C20H21N5O3/c1-13-8-10-16(11-9-13)14(2)23(4)20(26)19-15(3)24(22-21-19)17-6-5-7-18(12-17)25(27)28/h5-12,14H,1-4H3. The van der Waals surface area contributed by atoms with Crippen molar-refractivity contribution in [3.05, 3.63) is 81.2 Å². The largest absolute Gasteiger partial charge is 0.333 e. The van der Waals surface area contributed by atoms with Gasteiger partial charge in [0.05, 0.1) is 22.3 Å². The number of rotatable bonds is 5. The van der Waals surface area contributed by atoms with E-state index >= 15 is 0 Å². The minimum absolute atomic E-state index is 0.0506. The monoisotopic (exact) mass is 379 g/mol. The van der Waals surface area contributed by atoms with Crippen LogP contribution in [0.5, 0.6) is 0 Å². The molecule has 0 N–H and O–H groups in total. The average molecular weight is 379 g/mol. The van der Waals surface area contributed by atoms with Gasteiger partial charge in [0.15, 0.2) is 5.69 Å². The van der Waals surface area contributed by atoms with Crippen LogP contribution in [0.3, 0.4) is 0 Å². The Hall–Kier alpha value is -3.55. The smallest absolute Gasteiger partial charge is 0.276 e. The van der Waals surface area contributed by atoms with Crippen molar-refractivity contribution < 1.29 is 9.72 Å². The van der Waals surface area contributed by atoms with E-state index in [9.17, 15) is 14.9 Å². The minimum Gasteiger partial charge on any atom is -0.333 e. The normalized spacial score (nSPS) is 11.9. The molecule has 0 spiro atoms. The summed E-state index contributed by atoms with van der Waals surface area (Å²) in [6.07, 6.45) is 0. The summed E-state index contributed by atoms with van der Waals surface area (Å²) in [6, 6.07) is 13.9. The molecule has 0 aliphatic carbocycles. The van der Waals surface area contributed by atoms with E-state index in [1.54, 1.807) is 31.0 Å². The fourth-order valence-corrected chi connectivity index (χ4v) is 2.92. The Kier molecular flexibility index (Phi) is 5.21. The summed E-state index contributed by atoms with van der Waals surface area (Å²) >= 11 is 0. The van der Waals surface area contributed by atoms with Crippen LogP contribution >= 0.6 is 0 Å². The molecule has 8 heteroatoms. The lowest BCUT2D eigenvalue weighted by atomic mass is 10.1. The van der Waals surface area contributed by atoms with Crippen molar-refractivity contribution >= 4 is 11.6 Å². The van der Waals surface area contributed by atoms with Gasteiger partial charge in [-0.1, -0.05) is 41.1 Å². The van der Waals surface area contributed by atoms with Gasteiger partial charge in [0, 0.05) is 19.2 Å². The first kappa shape index (κ1) is 19.2. The summed E-state index contributed by atoms with van der Waals surface area (Å²) < 4.78 is 1.44. The Balaban J connectivity index is 1.88. The van der Waals surface area contributed by atoms with Crippen LogP contribution in [0.15, 0.2) is 48.5 Å². The van der Waals surface area contributed by atoms with Gasteiger partial charge in [0.25, 0.3) is 11.6 Å². The molecule has 28 heavy (non-hydrogen) atoms. The van der Waals surface area contributed by atoms with Crippen molar-refractivity contribution in [2.24, 2.45) is 0 Å². The molecular formula is C20H21N5O3. The van der Waals surface area contributed by atoms with Gasteiger partial charge in [-0.3, -0.25) is 14.9 Å². The predicted octanol–water partition coefficient (Wildman–Crippen LogP) is 3.63. The molecule has 1 atom stereocenters. The maximum atomic E-state index is 13.0. The SMILES string of the molecule is Cc1ccc(C(C)N(C)C(=O)c2nnn(-c3cccc([N+](=O)[O-])c3)c2C)cc1. The van der Waals surface area contributed by atoms with Crippen molar-refractivity contribution in [2.75, 3.05) is 7.05 Å². The second-order valence-corrected chi connectivity index (χ2v) is 6.71. The van der Waals surface area contributed by atoms with Crippen LogP contribution in [-0.2, 0) is 0 Å². The first-order chi connectivity index (χ1) is 13.3. The van der Waals surface area contributed by atoms with Gasteiger partial charge >= 0.3 is 0 Å². The van der Waals surface area contributed by atoms with Crippen molar-refractivity contribution in [1.29, 1.82) is 0 Å². The van der Waals surface area contributed by atoms with E-state index in [1.807, 2.05) is 38.1 Å². The fraction of sp³-hybridized carbons (Fsp3) is 0.250. The third kappa shape index (κ3) is 3.62. The van der Waals surface area contributed by atoms with E-state index in [0.717, 1.165) is 11.1 Å². The number of non-ortho nitro benzene ring substituents is 1. The molecule has 1 aromatic heterocycles. The molecule has 0 aliphatic rings. The summed E-state index contributed by atoms with van der Waals surface area (Å²) in [6.45, 7) is 5.68. The molecule has 3 rings (SSSR count). The Morgan fingerprint density at radius 3 is 2.50 bits per heavy atom. The third-order valence-corrected chi connectivity index (χ3v) is 4.84. The highest BCUT2D eigenvalue weighted by Gasteiger charge is 2.25. The number of carbonyl (C=O) groups excluding carboxylic acids is 1. The van der Waals surface area contributed by atoms with E-state index in [2.05, 4.69) is 10.3 Å². The van der Waals surface area contributed by atoms with E-state index in [4.69, 9.17) is 0 Å². The number of benzene rings is 2. The number of amides is 1. The number of hydrogen-bond acceptors (Lipinski definition) is 5. The zero-order valence-electron chi connectivity index (χ0n) is 16.2. The van der Waals surface area contributed by atoms with Crippen LogP contribution in [0.1, 0.15) is 40.3 Å². The molecule has 8 nitrogen and oxygen atoms in total. The molecular weight excluding hydrogens is 358 g/mol. The van der Waals surface area contributed by atoms with Crippen LogP contribution in [0.4, 0.5) is 5.69 Å². The highest BCUT2D eigenvalue weighted by molar-refractivity contribution is 5.93. The van der Waals surface area contributed by atoms with Crippen LogP contribution in [-0.4, -0.2) is 37.8 Å². The van der Waals surface area contributed by atoms with E-state index in [0.29, 0.717) is 11.4 Å². The molecule has 1 heterocycles. The lowest BCUT2D eigenvalue weighted by Gasteiger charge is -2.25. The molecule has 1 unspecified atom stereocenters. The van der Waals surface area contributed by atoms with Gasteiger partial charge in [0.1, 0.15) is 0 Å². The van der Waals surface area contributed by atoms with Crippen LogP contribution < -0.4 is 0 Å². The average Bonchev–Trinajstić information content (AvgIpc) is 3.08. The van der Waals surface area contributed by atoms with Crippen LogP contribution in [0.2, 0.25) is 0 Å². The predicted molar refractivity (Wildman–Crippen MR) is 104 cm³/mol. The molecule has 1 amide bonds. The number of carbonyl (C=O) groups is 1.